The topological polar surface area (TPSA) is 38.7 Å². The van der Waals surface area contributed by atoms with Gasteiger partial charge in [0.2, 0.25) is 0 Å². The smallest absolute Gasteiger partial charge is 0.132 e. The highest BCUT2D eigenvalue weighted by molar-refractivity contribution is 4.99. The Hall–Kier alpha value is -0.990. The Bertz CT molecular complexity index is 636. The number of hydrogen-bond donors (Lipinski definition) is 0. The molecule has 0 unspecified atom stereocenters. The molecule has 251 valence electrons. The van der Waals surface area contributed by atoms with Crippen LogP contribution >= 0.6 is 0 Å². The maximum atomic E-state index is 4.88. The molecule has 1 rings (SSSR count). The summed E-state index contributed by atoms with van der Waals surface area (Å²) in [4.78, 5) is 14.5. The summed E-state index contributed by atoms with van der Waals surface area (Å²) in [5.74, 6) is 3.03. The van der Waals surface area contributed by atoms with Crippen LogP contribution in [0.2, 0.25) is 0 Å². The van der Waals surface area contributed by atoms with Crippen LogP contribution in [-0.2, 0) is 19.3 Å². The summed E-state index contributed by atoms with van der Waals surface area (Å²) in [6, 6.07) is 0. The second-order valence-electron chi connectivity index (χ2n) is 13.6. The summed E-state index contributed by atoms with van der Waals surface area (Å²) in [5.41, 5.74) is 0. The molecule has 0 fully saturated rings. The predicted octanol–water partition coefficient (Wildman–Crippen LogP) is 13.5. The van der Waals surface area contributed by atoms with Gasteiger partial charge >= 0.3 is 0 Å². The minimum atomic E-state index is 0.862. The second-order valence-corrected chi connectivity index (χ2v) is 13.6. The van der Waals surface area contributed by atoms with E-state index in [1.807, 2.05) is 0 Å². The molecule has 1 radical (unpaired) electrons. The molecule has 0 saturated carbocycles. The third-order valence-electron chi connectivity index (χ3n) is 9.18. The molecule has 1 heterocycles. The van der Waals surface area contributed by atoms with Crippen LogP contribution < -0.4 is 0 Å². The van der Waals surface area contributed by atoms with E-state index in [0.29, 0.717) is 0 Å². The number of hydrogen-bond acceptors (Lipinski definition) is 3. The van der Waals surface area contributed by atoms with Crippen LogP contribution in [0.4, 0.5) is 0 Å². The lowest BCUT2D eigenvalue weighted by Gasteiger charge is -2.08. The van der Waals surface area contributed by atoms with Crippen molar-refractivity contribution in [1.82, 2.24) is 15.0 Å². The fraction of sp³-hybridized carbons (Fsp3) is 0.900. The zero-order chi connectivity index (χ0) is 30.9. The Kier molecular flexibility index (Phi) is 30.2. The fourth-order valence-corrected chi connectivity index (χ4v) is 6.32. The Morgan fingerprint density at radius 1 is 0.302 bits per heavy atom. The normalized spacial score (nSPS) is 11.5. The summed E-state index contributed by atoms with van der Waals surface area (Å²) in [6.45, 7) is 8.63. The standard InChI is InChI=1S/C40H76N3/c1-4-7-9-11-13-15-17-19-21-23-25-27-29-31-33-36-39-41-38(35-6-3)42-40(43-39)37-34-32-30-28-26-24-22-20-18-16-14-12-10-8-5-2/h3-37H2,1-2H3. The molecule has 0 aliphatic heterocycles. The molecule has 0 spiro atoms. The third-order valence-corrected chi connectivity index (χ3v) is 9.18. The van der Waals surface area contributed by atoms with Crippen molar-refractivity contribution in [2.45, 2.75) is 232 Å². The predicted molar refractivity (Wildman–Crippen MR) is 191 cm³/mol. The summed E-state index contributed by atoms with van der Waals surface area (Å²) in [5, 5.41) is 0. The van der Waals surface area contributed by atoms with Crippen molar-refractivity contribution >= 4 is 0 Å². The van der Waals surface area contributed by atoms with Crippen molar-refractivity contribution in [1.29, 1.82) is 0 Å². The molecule has 0 amide bonds. The molecular formula is C40H76N3. The highest BCUT2D eigenvalue weighted by atomic mass is 15.0. The van der Waals surface area contributed by atoms with Gasteiger partial charge in [-0.2, -0.15) is 0 Å². The maximum Gasteiger partial charge on any atom is 0.132 e. The molecule has 1 aromatic heterocycles. The average molecular weight is 599 g/mol. The Morgan fingerprint density at radius 3 is 0.744 bits per heavy atom. The van der Waals surface area contributed by atoms with E-state index in [2.05, 4.69) is 20.8 Å². The quantitative estimate of drug-likeness (QED) is 0.0741. The van der Waals surface area contributed by atoms with Gasteiger partial charge in [-0.25, -0.2) is 15.0 Å². The first kappa shape index (κ1) is 40.0. The summed E-state index contributed by atoms with van der Waals surface area (Å²) in [6.07, 6.45) is 45.9. The van der Waals surface area contributed by atoms with Gasteiger partial charge in [0.25, 0.3) is 0 Å². The second kappa shape index (κ2) is 32.4. The molecule has 43 heavy (non-hydrogen) atoms. The van der Waals surface area contributed by atoms with Gasteiger partial charge in [-0.15, -0.1) is 0 Å². The van der Waals surface area contributed by atoms with Crippen LogP contribution in [0.25, 0.3) is 0 Å². The average Bonchev–Trinajstić information content (AvgIpc) is 3.01. The minimum absolute atomic E-state index is 0.862. The van der Waals surface area contributed by atoms with Crippen LogP contribution in [0, 0.1) is 6.92 Å². The van der Waals surface area contributed by atoms with Gasteiger partial charge in [0, 0.05) is 19.3 Å². The van der Waals surface area contributed by atoms with E-state index in [1.54, 1.807) is 0 Å². The lowest BCUT2D eigenvalue weighted by Crippen LogP contribution is -2.08. The molecule has 3 nitrogen and oxygen atoms in total. The molecule has 0 atom stereocenters. The van der Waals surface area contributed by atoms with Crippen molar-refractivity contribution in [2.24, 2.45) is 0 Å². The van der Waals surface area contributed by atoms with Gasteiger partial charge in [0.15, 0.2) is 0 Å². The van der Waals surface area contributed by atoms with Gasteiger partial charge < -0.3 is 0 Å². The largest absolute Gasteiger partial charge is 0.218 e. The summed E-state index contributed by atoms with van der Waals surface area (Å²) < 4.78 is 0. The first-order valence-corrected chi connectivity index (χ1v) is 19.8. The summed E-state index contributed by atoms with van der Waals surface area (Å²) in [7, 11) is 0. The van der Waals surface area contributed by atoms with E-state index < -0.39 is 0 Å². The van der Waals surface area contributed by atoms with E-state index in [9.17, 15) is 0 Å². The molecule has 0 bridgehead atoms. The first-order valence-electron chi connectivity index (χ1n) is 19.8. The zero-order valence-electron chi connectivity index (χ0n) is 29.6. The highest BCUT2D eigenvalue weighted by Gasteiger charge is 2.07. The number of rotatable bonds is 34. The van der Waals surface area contributed by atoms with Crippen molar-refractivity contribution in [3.63, 3.8) is 0 Å². The Labute approximate surface area is 271 Å². The highest BCUT2D eigenvalue weighted by Crippen LogP contribution is 2.16. The monoisotopic (exact) mass is 599 g/mol. The van der Waals surface area contributed by atoms with Gasteiger partial charge in [0.1, 0.15) is 17.5 Å². The van der Waals surface area contributed by atoms with Crippen LogP contribution in [0.1, 0.15) is 230 Å². The van der Waals surface area contributed by atoms with Crippen LogP contribution in [0.3, 0.4) is 0 Å². The molecule has 0 aromatic carbocycles. The molecule has 1 aromatic rings. The molecule has 0 aliphatic rings. The van der Waals surface area contributed by atoms with Crippen LogP contribution in [-0.4, -0.2) is 15.0 Å². The van der Waals surface area contributed by atoms with Crippen molar-refractivity contribution in [3.8, 4) is 0 Å². The molecule has 0 aliphatic carbocycles. The van der Waals surface area contributed by atoms with Crippen molar-refractivity contribution in [2.75, 3.05) is 0 Å². The molecular weight excluding hydrogens is 522 g/mol. The van der Waals surface area contributed by atoms with Gasteiger partial charge in [-0.05, 0) is 19.3 Å². The van der Waals surface area contributed by atoms with E-state index in [4.69, 9.17) is 15.0 Å². The fourth-order valence-electron chi connectivity index (χ4n) is 6.32. The Balaban J connectivity index is 2.04. The van der Waals surface area contributed by atoms with Crippen LogP contribution in [0.5, 0.6) is 0 Å². The molecule has 3 heteroatoms. The first-order chi connectivity index (χ1) is 21.3. The minimum Gasteiger partial charge on any atom is -0.218 e. The van der Waals surface area contributed by atoms with Crippen molar-refractivity contribution in [3.05, 3.63) is 24.4 Å². The lowest BCUT2D eigenvalue weighted by atomic mass is 10.0. The summed E-state index contributed by atoms with van der Waals surface area (Å²) >= 11 is 0. The van der Waals surface area contributed by atoms with E-state index in [-0.39, 0.29) is 0 Å². The van der Waals surface area contributed by atoms with Gasteiger partial charge in [-0.3, -0.25) is 0 Å². The number of unbranched alkanes of at least 4 members (excludes halogenated alkanes) is 28. The van der Waals surface area contributed by atoms with Gasteiger partial charge in [-0.1, -0.05) is 201 Å². The Morgan fingerprint density at radius 2 is 0.512 bits per heavy atom. The lowest BCUT2D eigenvalue weighted by molar-refractivity contribution is 0.529. The number of aromatic nitrogens is 3. The van der Waals surface area contributed by atoms with Crippen molar-refractivity contribution < 1.29 is 0 Å². The van der Waals surface area contributed by atoms with Gasteiger partial charge in [0.05, 0.1) is 0 Å². The SMILES string of the molecule is [CH2]CCc1nc(CCCCCCCCCCCCCCCCC)nc(CCCCCCCCCCCCCCCCC)n1. The maximum absolute atomic E-state index is 4.88. The van der Waals surface area contributed by atoms with E-state index >= 15 is 0 Å². The number of aryl methyl sites for hydroxylation is 3. The van der Waals surface area contributed by atoms with E-state index in [1.165, 1.54) is 193 Å². The van der Waals surface area contributed by atoms with E-state index in [0.717, 1.165) is 43.2 Å². The zero-order valence-corrected chi connectivity index (χ0v) is 29.6. The number of nitrogens with zero attached hydrogens (tertiary/aromatic N) is 3. The molecule has 0 N–H and O–H groups in total. The van der Waals surface area contributed by atoms with Crippen LogP contribution in [0.15, 0.2) is 0 Å². The third kappa shape index (κ3) is 27.1. The molecule has 0 saturated heterocycles.